The lowest BCUT2D eigenvalue weighted by Crippen LogP contribution is -2.58. The molecule has 1 unspecified atom stereocenters. The van der Waals surface area contributed by atoms with Gasteiger partial charge in [-0.2, -0.15) is 13.2 Å². The molecule has 0 aliphatic carbocycles. The monoisotopic (exact) mass is 386 g/mol. The van der Waals surface area contributed by atoms with Gasteiger partial charge in [-0.3, -0.25) is 19.5 Å². The lowest BCUT2D eigenvalue weighted by atomic mass is 10.1. The van der Waals surface area contributed by atoms with E-state index in [-0.39, 0.29) is 10.8 Å². The Kier molecular flexibility index (Phi) is 6.09. The Hall–Kier alpha value is -2.33. The molecule has 1 aliphatic heterocycles. The number of hydrogen-bond donors (Lipinski definition) is 1. The highest BCUT2D eigenvalue weighted by Crippen LogP contribution is 2.32. The van der Waals surface area contributed by atoms with Crippen LogP contribution >= 0.6 is 12.2 Å². The van der Waals surface area contributed by atoms with Crippen LogP contribution in [0.15, 0.2) is 29.3 Å². The molecule has 0 bridgehead atoms. The number of thiocarbonyl (C=S) groups is 1. The van der Waals surface area contributed by atoms with Crippen LogP contribution in [0.2, 0.25) is 0 Å². The molecule has 1 atom stereocenters. The average Bonchev–Trinajstić information content (AvgIpc) is 2.53. The SMILES string of the molecule is CN(C)CCN=CC1C(=O)NC(=S)N(c2cccc(C(F)(F)F)c2)C1=O. The Morgan fingerprint density at radius 3 is 2.65 bits per heavy atom. The van der Waals surface area contributed by atoms with Crippen molar-refractivity contribution in [2.75, 3.05) is 32.1 Å². The molecule has 1 aliphatic rings. The molecule has 6 nitrogen and oxygen atoms in total. The summed E-state index contributed by atoms with van der Waals surface area (Å²) in [6.07, 6.45) is -3.36. The Morgan fingerprint density at radius 2 is 2.04 bits per heavy atom. The van der Waals surface area contributed by atoms with E-state index in [0.717, 1.165) is 17.0 Å². The fourth-order valence-electron chi connectivity index (χ4n) is 2.23. The number of rotatable bonds is 5. The van der Waals surface area contributed by atoms with Gasteiger partial charge in [0, 0.05) is 12.8 Å². The smallest absolute Gasteiger partial charge is 0.308 e. The highest BCUT2D eigenvalue weighted by molar-refractivity contribution is 7.80. The second kappa shape index (κ2) is 7.92. The van der Waals surface area contributed by atoms with E-state index in [2.05, 4.69) is 10.3 Å². The van der Waals surface area contributed by atoms with Gasteiger partial charge in [-0.25, -0.2) is 0 Å². The van der Waals surface area contributed by atoms with E-state index in [4.69, 9.17) is 12.2 Å². The first kappa shape index (κ1) is 20.0. The van der Waals surface area contributed by atoms with Gasteiger partial charge in [-0.15, -0.1) is 0 Å². The summed E-state index contributed by atoms with van der Waals surface area (Å²) in [4.78, 5) is 31.5. The van der Waals surface area contributed by atoms with Crippen LogP contribution in [0, 0.1) is 5.92 Å². The normalized spacial score (nSPS) is 18.8. The van der Waals surface area contributed by atoms with Crippen LogP contribution < -0.4 is 10.2 Å². The van der Waals surface area contributed by atoms with Crippen LogP contribution in [-0.2, 0) is 15.8 Å². The number of nitrogens with zero attached hydrogens (tertiary/aromatic N) is 3. The number of nitrogens with one attached hydrogen (secondary N) is 1. The van der Waals surface area contributed by atoms with Crippen molar-refractivity contribution < 1.29 is 22.8 Å². The summed E-state index contributed by atoms with van der Waals surface area (Å²) in [5, 5.41) is 2.06. The zero-order chi connectivity index (χ0) is 19.5. The summed E-state index contributed by atoms with van der Waals surface area (Å²) in [6, 6.07) is 4.18. The van der Waals surface area contributed by atoms with E-state index in [1.807, 2.05) is 19.0 Å². The zero-order valence-electron chi connectivity index (χ0n) is 14.1. The molecule has 1 aromatic carbocycles. The lowest BCUT2D eigenvalue weighted by molar-refractivity contribution is -0.137. The van der Waals surface area contributed by atoms with E-state index in [0.29, 0.717) is 13.1 Å². The van der Waals surface area contributed by atoms with E-state index >= 15 is 0 Å². The van der Waals surface area contributed by atoms with Gasteiger partial charge in [-0.05, 0) is 44.5 Å². The molecular weight excluding hydrogens is 369 g/mol. The number of amides is 2. The summed E-state index contributed by atoms with van der Waals surface area (Å²) >= 11 is 4.96. The third-order valence-corrected chi connectivity index (χ3v) is 3.85. The number of carbonyl (C=O) groups excluding carboxylic acids is 2. The molecule has 0 spiro atoms. The number of alkyl halides is 3. The third-order valence-electron chi connectivity index (χ3n) is 3.56. The number of carbonyl (C=O) groups is 2. The van der Waals surface area contributed by atoms with E-state index in [9.17, 15) is 22.8 Å². The molecule has 1 heterocycles. The lowest BCUT2D eigenvalue weighted by Gasteiger charge is -2.31. The number of anilines is 1. The van der Waals surface area contributed by atoms with Crippen molar-refractivity contribution in [1.29, 1.82) is 0 Å². The first-order valence-electron chi connectivity index (χ1n) is 7.62. The quantitative estimate of drug-likeness (QED) is 0.475. The van der Waals surface area contributed by atoms with Crippen LogP contribution in [-0.4, -0.2) is 55.2 Å². The fraction of sp³-hybridized carbons (Fsp3) is 0.375. The standard InChI is InChI=1S/C16H17F3N4O2S/c1-22(2)7-6-20-9-12-13(24)21-15(26)23(14(12)25)11-5-3-4-10(8-11)16(17,18)19/h3-5,8-9,12H,6-7H2,1-2H3,(H,21,24,26). The third kappa shape index (κ3) is 4.64. The van der Waals surface area contributed by atoms with Gasteiger partial charge in [-0.1, -0.05) is 6.07 Å². The maximum absolute atomic E-state index is 12.9. The van der Waals surface area contributed by atoms with Crippen molar-refractivity contribution in [1.82, 2.24) is 10.2 Å². The first-order chi connectivity index (χ1) is 12.1. The zero-order valence-corrected chi connectivity index (χ0v) is 14.9. The molecule has 10 heteroatoms. The highest BCUT2D eigenvalue weighted by Gasteiger charge is 2.39. The van der Waals surface area contributed by atoms with Crippen LogP contribution in [0.5, 0.6) is 0 Å². The topological polar surface area (TPSA) is 65.0 Å². The summed E-state index contributed by atoms with van der Waals surface area (Å²) in [6.45, 7) is 0.993. The van der Waals surface area contributed by atoms with E-state index < -0.39 is 29.5 Å². The highest BCUT2D eigenvalue weighted by atomic mass is 32.1. The van der Waals surface area contributed by atoms with Crippen LogP contribution in [0.4, 0.5) is 18.9 Å². The van der Waals surface area contributed by atoms with Crippen molar-refractivity contribution >= 4 is 41.0 Å². The van der Waals surface area contributed by atoms with Crippen molar-refractivity contribution in [2.45, 2.75) is 6.18 Å². The summed E-state index contributed by atoms with van der Waals surface area (Å²) in [7, 11) is 3.70. The Labute approximate surface area is 153 Å². The fourth-order valence-corrected chi connectivity index (χ4v) is 2.52. The molecule has 0 saturated carbocycles. The predicted molar refractivity (Wildman–Crippen MR) is 95.1 cm³/mol. The molecule has 0 radical (unpaired) electrons. The summed E-state index contributed by atoms with van der Waals surface area (Å²) in [5.41, 5.74) is -0.986. The van der Waals surface area contributed by atoms with Crippen LogP contribution in [0.25, 0.3) is 0 Å². The summed E-state index contributed by atoms with van der Waals surface area (Å²) < 4.78 is 38.7. The Morgan fingerprint density at radius 1 is 1.35 bits per heavy atom. The van der Waals surface area contributed by atoms with Crippen molar-refractivity contribution in [3.8, 4) is 0 Å². The van der Waals surface area contributed by atoms with Crippen molar-refractivity contribution in [3.05, 3.63) is 29.8 Å². The summed E-state index contributed by atoms with van der Waals surface area (Å²) in [5.74, 6) is -2.65. The minimum Gasteiger partial charge on any atom is -0.308 e. The minimum absolute atomic E-state index is 0.0680. The van der Waals surface area contributed by atoms with Gasteiger partial charge in [0.25, 0.3) is 5.91 Å². The van der Waals surface area contributed by atoms with E-state index in [1.54, 1.807) is 0 Å². The van der Waals surface area contributed by atoms with Gasteiger partial charge < -0.3 is 10.2 Å². The van der Waals surface area contributed by atoms with Crippen LogP contribution in [0.3, 0.4) is 0 Å². The molecule has 2 amide bonds. The molecule has 1 N–H and O–H groups in total. The van der Waals surface area contributed by atoms with Gasteiger partial charge >= 0.3 is 6.18 Å². The molecule has 1 fully saturated rings. The molecule has 140 valence electrons. The van der Waals surface area contributed by atoms with Gasteiger partial charge in [0.1, 0.15) is 0 Å². The first-order valence-corrected chi connectivity index (χ1v) is 8.03. The molecule has 1 aromatic rings. The largest absolute Gasteiger partial charge is 0.416 e. The second-order valence-corrected chi connectivity index (χ2v) is 6.24. The molecule has 0 aromatic heterocycles. The molecule has 1 saturated heterocycles. The van der Waals surface area contributed by atoms with Gasteiger partial charge in [0.05, 0.1) is 17.8 Å². The number of halogens is 3. The Balaban J connectivity index is 2.27. The van der Waals surface area contributed by atoms with Crippen molar-refractivity contribution in [2.24, 2.45) is 10.9 Å². The van der Waals surface area contributed by atoms with Crippen LogP contribution in [0.1, 0.15) is 5.56 Å². The molecule has 2 rings (SSSR count). The number of hydrogen-bond acceptors (Lipinski definition) is 5. The average molecular weight is 386 g/mol. The number of likely N-dealkylation sites (N-methyl/N-ethyl adjacent to an activating group) is 1. The maximum atomic E-state index is 12.9. The number of benzene rings is 1. The maximum Gasteiger partial charge on any atom is 0.416 e. The van der Waals surface area contributed by atoms with Gasteiger partial charge in [0.2, 0.25) is 5.91 Å². The predicted octanol–water partition coefficient (Wildman–Crippen LogP) is 1.70. The Bertz CT molecular complexity index is 749. The molecular formula is C16H17F3N4O2S. The number of aliphatic imine (C=N–C) groups is 1. The second-order valence-electron chi connectivity index (χ2n) is 5.85. The minimum atomic E-state index is -4.56. The van der Waals surface area contributed by atoms with E-state index in [1.165, 1.54) is 18.3 Å². The molecule has 26 heavy (non-hydrogen) atoms. The van der Waals surface area contributed by atoms with Gasteiger partial charge in [0.15, 0.2) is 11.0 Å². The van der Waals surface area contributed by atoms with Crippen molar-refractivity contribution in [3.63, 3.8) is 0 Å².